The minimum atomic E-state index is -0.387. The van der Waals surface area contributed by atoms with Crippen LogP contribution in [-0.2, 0) is 4.79 Å². The Morgan fingerprint density at radius 2 is 1.95 bits per heavy atom. The van der Waals surface area contributed by atoms with E-state index in [4.69, 9.17) is 5.73 Å². The van der Waals surface area contributed by atoms with Gasteiger partial charge in [-0.2, -0.15) is 0 Å². The van der Waals surface area contributed by atoms with Crippen LogP contribution in [0.1, 0.15) is 31.2 Å². The molecule has 1 aliphatic rings. The summed E-state index contributed by atoms with van der Waals surface area (Å²) in [6.45, 7) is 1.84. The van der Waals surface area contributed by atoms with E-state index in [1.54, 1.807) is 12.1 Å². The van der Waals surface area contributed by atoms with Gasteiger partial charge in [0.05, 0.1) is 4.92 Å². The Hall–Kier alpha value is -2.11. The third kappa shape index (κ3) is 3.46. The second kappa shape index (κ2) is 5.90. The van der Waals surface area contributed by atoms with Crippen molar-refractivity contribution in [3.63, 3.8) is 0 Å². The van der Waals surface area contributed by atoms with Crippen LogP contribution in [0, 0.1) is 23.0 Å². The number of nitrogens with one attached hydrogen (secondary N) is 1. The Morgan fingerprint density at radius 1 is 1.30 bits per heavy atom. The number of non-ortho nitro benzene ring substituents is 1. The van der Waals surface area contributed by atoms with Crippen molar-refractivity contribution < 1.29 is 9.72 Å². The molecule has 0 aromatic heterocycles. The van der Waals surface area contributed by atoms with Crippen LogP contribution < -0.4 is 11.1 Å². The van der Waals surface area contributed by atoms with Crippen molar-refractivity contribution >= 4 is 17.3 Å². The van der Waals surface area contributed by atoms with Gasteiger partial charge in [0.2, 0.25) is 5.91 Å². The summed E-state index contributed by atoms with van der Waals surface area (Å²) in [5.41, 5.74) is 7.02. The predicted octanol–water partition coefficient (Wildman–Crippen LogP) is 2.36. The lowest BCUT2D eigenvalue weighted by atomic mass is 9.85. The van der Waals surface area contributed by atoms with E-state index in [0.717, 1.165) is 36.9 Å². The Bertz CT molecular complexity index is 522. The van der Waals surface area contributed by atoms with Crippen LogP contribution >= 0.6 is 0 Å². The van der Waals surface area contributed by atoms with Gasteiger partial charge in [-0.15, -0.1) is 0 Å². The molecule has 0 radical (unpaired) electrons. The van der Waals surface area contributed by atoms with Crippen LogP contribution in [0.5, 0.6) is 0 Å². The number of hydrogen-bond acceptors (Lipinski definition) is 4. The van der Waals surface area contributed by atoms with E-state index in [2.05, 4.69) is 5.32 Å². The smallest absolute Gasteiger partial charge is 0.271 e. The van der Waals surface area contributed by atoms with E-state index in [0.29, 0.717) is 0 Å². The highest BCUT2D eigenvalue weighted by molar-refractivity contribution is 5.76. The molecule has 6 heteroatoms. The fourth-order valence-corrected chi connectivity index (χ4v) is 2.71. The fraction of sp³-hybridized carbons (Fsp3) is 0.500. The highest BCUT2D eigenvalue weighted by Crippen LogP contribution is 2.28. The predicted molar refractivity (Wildman–Crippen MR) is 76.4 cm³/mol. The summed E-state index contributed by atoms with van der Waals surface area (Å²) in [4.78, 5) is 21.6. The number of primary amides is 1. The molecule has 108 valence electrons. The zero-order chi connectivity index (χ0) is 14.7. The van der Waals surface area contributed by atoms with Gasteiger partial charge in [-0.1, -0.05) is 0 Å². The normalized spacial score (nSPS) is 22.2. The number of amides is 1. The second-order valence-corrected chi connectivity index (χ2v) is 5.41. The lowest BCUT2D eigenvalue weighted by Crippen LogP contribution is -2.32. The fourth-order valence-electron chi connectivity index (χ4n) is 2.71. The molecule has 6 nitrogen and oxygen atoms in total. The SMILES string of the molecule is Cc1cc(NC2CCC(C(N)=O)CC2)cc([N+](=O)[O-])c1. The first-order chi connectivity index (χ1) is 9.45. The van der Waals surface area contributed by atoms with Crippen molar-refractivity contribution in [1.82, 2.24) is 0 Å². The number of benzene rings is 1. The van der Waals surface area contributed by atoms with E-state index in [9.17, 15) is 14.9 Å². The lowest BCUT2D eigenvalue weighted by molar-refractivity contribution is -0.384. The van der Waals surface area contributed by atoms with Gasteiger partial charge < -0.3 is 11.1 Å². The molecule has 3 N–H and O–H groups in total. The third-order valence-electron chi connectivity index (χ3n) is 3.77. The van der Waals surface area contributed by atoms with Crippen LogP contribution in [0.25, 0.3) is 0 Å². The van der Waals surface area contributed by atoms with E-state index < -0.39 is 0 Å². The third-order valence-corrected chi connectivity index (χ3v) is 3.77. The van der Waals surface area contributed by atoms with Crippen molar-refractivity contribution in [3.8, 4) is 0 Å². The molecule has 0 saturated heterocycles. The standard InChI is InChI=1S/C14H19N3O3/c1-9-6-12(8-13(7-9)17(19)20)16-11-4-2-10(3-5-11)14(15)18/h6-8,10-11,16H,2-5H2,1H3,(H2,15,18). The van der Waals surface area contributed by atoms with Crippen molar-refractivity contribution in [2.24, 2.45) is 11.7 Å². The highest BCUT2D eigenvalue weighted by Gasteiger charge is 2.24. The average Bonchev–Trinajstić information content (AvgIpc) is 2.38. The largest absolute Gasteiger partial charge is 0.382 e. The zero-order valence-electron chi connectivity index (χ0n) is 11.5. The summed E-state index contributed by atoms with van der Waals surface area (Å²) in [6.07, 6.45) is 3.27. The Labute approximate surface area is 117 Å². The highest BCUT2D eigenvalue weighted by atomic mass is 16.6. The van der Waals surface area contributed by atoms with E-state index in [1.165, 1.54) is 0 Å². The Balaban J connectivity index is 2.01. The molecular formula is C14H19N3O3. The number of carbonyl (C=O) groups is 1. The van der Waals surface area contributed by atoms with Gasteiger partial charge in [-0.3, -0.25) is 14.9 Å². The molecule has 0 heterocycles. The van der Waals surface area contributed by atoms with Crippen molar-refractivity contribution in [2.45, 2.75) is 38.6 Å². The Morgan fingerprint density at radius 3 is 2.50 bits per heavy atom. The number of nitro groups is 1. The van der Waals surface area contributed by atoms with Gasteiger partial charge in [-0.25, -0.2) is 0 Å². The summed E-state index contributed by atoms with van der Waals surface area (Å²) in [6, 6.07) is 5.24. The van der Waals surface area contributed by atoms with Gasteiger partial charge in [0.25, 0.3) is 5.69 Å². The molecule has 0 spiro atoms. The maximum absolute atomic E-state index is 11.1. The lowest BCUT2D eigenvalue weighted by Gasteiger charge is -2.28. The number of rotatable bonds is 4. The minimum absolute atomic E-state index is 0.0279. The summed E-state index contributed by atoms with van der Waals surface area (Å²) >= 11 is 0. The van der Waals surface area contributed by atoms with Crippen molar-refractivity contribution in [1.29, 1.82) is 0 Å². The zero-order valence-corrected chi connectivity index (χ0v) is 11.5. The molecule has 20 heavy (non-hydrogen) atoms. The van der Waals surface area contributed by atoms with Gasteiger partial charge in [0.1, 0.15) is 0 Å². The minimum Gasteiger partial charge on any atom is -0.382 e. The number of hydrogen-bond donors (Lipinski definition) is 2. The number of carbonyl (C=O) groups excluding carboxylic acids is 1. The van der Waals surface area contributed by atoms with Gasteiger partial charge >= 0.3 is 0 Å². The number of nitro benzene ring substituents is 1. The van der Waals surface area contributed by atoms with Crippen molar-refractivity contribution in [2.75, 3.05) is 5.32 Å². The summed E-state index contributed by atoms with van der Waals surface area (Å²) in [5, 5.41) is 14.2. The maximum Gasteiger partial charge on any atom is 0.271 e. The van der Waals surface area contributed by atoms with Gasteiger partial charge in [0, 0.05) is 29.8 Å². The van der Waals surface area contributed by atoms with Gasteiger partial charge in [-0.05, 0) is 44.2 Å². The first-order valence-corrected chi connectivity index (χ1v) is 6.77. The quantitative estimate of drug-likeness (QED) is 0.652. The van der Waals surface area contributed by atoms with Crippen molar-refractivity contribution in [3.05, 3.63) is 33.9 Å². The molecule has 0 aliphatic heterocycles. The number of nitrogens with two attached hydrogens (primary N) is 1. The summed E-state index contributed by atoms with van der Waals surface area (Å²) < 4.78 is 0. The van der Waals surface area contributed by atoms with E-state index >= 15 is 0 Å². The molecule has 1 aromatic carbocycles. The number of nitrogens with zero attached hydrogens (tertiary/aromatic N) is 1. The molecule has 1 aliphatic carbocycles. The van der Waals surface area contributed by atoms with E-state index in [1.807, 2.05) is 13.0 Å². The van der Waals surface area contributed by atoms with Gasteiger partial charge in [0.15, 0.2) is 0 Å². The molecular weight excluding hydrogens is 258 g/mol. The summed E-state index contributed by atoms with van der Waals surface area (Å²) in [5.74, 6) is -0.255. The first-order valence-electron chi connectivity index (χ1n) is 6.77. The second-order valence-electron chi connectivity index (χ2n) is 5.41. The molecule has 0 unspecified atom stereocenters. The summed E-state index contributed by atoms with van der Waals surface area (Å²) in [7, 11) is 0. The molecule has 1 saturated carbocycles. The monoisotopic (exact) mass is 277 g/mol. The molecule has 0 bridgehead atoms. The molecule has 1 aromatic rings. The number of anilines is 1. The molecule has 2 rings (SSSR count). The molecule has 1 fully saturated rings. The topological polar surface area (TPSA) is 98.3 Å². The van der Waals surface area contributed by atoms with Crippen LogP contribution in [0.15, 0.2) is 18.2 Å². The Kier molecular flexibility index (Phi) is 4.22. The maximum atomic E-state index is 11.1. The van der Waals surface area contributed by atoms with Crippen LogP contribution in [0.3, 0.4) is 0 Å². The molecule has 0 atom stereocenters. The first kappa shape index (κ1) is 14.3. The molecule has 1 amide bonds. The van der Waals surface area contributed by atoms with E-state index in [-0.39, 0.29) is 28.5 Å². The van der Waals surface area contributed by atoms with Crippen LogP contribution in [0.2, 0.25) is 0 Å². The average molecular weight is 277 g/mol. The van der Waals surface area contributed by atoms with Crippen LogP contribution in [-0.4, -0.2) is 16.9 Å². The number of aryl methyl sites for hydroxylation is 1. The van der Waals surface area contributed by atoms with Crippen LogP contribution in [0.4, 0.5) is 11.4 Å².